The molecule has 0 amide bonds. The van der Waals surface area contributed by atoms with Gasteiger partial charge >= 0.3 is 0 Å². The molecule has 1 heterocycles. The summed E-state index contributed by atoms with van der Waals surface area (Å²) in [6.45, 7) is 7.68. The Morgan fingerprint density at radius 1 is 1.26 bits per heavy atom. The Kier molecular flexibility index (Phi) is 4.89. The van der Waals surface area contributed by atoms with Crippen LogP contribution in [0.15, 0.2) is 28.7 Å². The molecule has 0 aliphatic carbocycles. The van der Waals surface area contributed by atoms with Gasteiger partial charge in [0.25, 0.3) is 0 Å². The van der Waals surface area contributed by atoms with E-state index in [1.54, 1.807) is 0 Å². The van der Waals surface area contributed by atoms with Crippen LogP contribution in [-0.2, 0) is 6.42 Å². The molecule has 2 rings (SSSR count). The number of aryl methyl sites for hydroxylation is 1. The minimum absolute atomic E-state index is 0.543. The van der Waals surface area contributed by atoms with Crippen LogP contribution in [0.2, 0.25) is 5.02 Å². The number of halogens is 1. The van der Waals surface area contributed by atoms with Crippen LogP contribution >= 0.6 is 11.6 Å². The van der Waals surface area contributed by atoms with Crippen LogP contribution in [-0.4, -0.2) is 12.6 Å². The van der Waals surface area contributed by atoms with Crippen molar-refractivity contribution in [2.75, 3.05) is 6.54 Å². The normalized spacial score (nSPS) is 13.3. The highest BCUT2D eigenvalue weighted by atomic mass is 35.5. The van der Waals surface area contributed by atoms with Gasteiger partial charge in [-0.25, -0.2) is 0 Å². The predicted octanol–water partition coefficient (Wildman–Crippen LogP) is 4.65. The minimum atomic E-state index is 0.543. The molecule has 1 N–H and O–H groups in total. The number of hydrogen-bond acceptors (Lipinski definition) is 2. The predicted molar refractivity (Wildman–Crippen MR) is 81.8 cm³/mol. The first kappa shape index (κ1) is 14.4. The van der Waals surface area contributed by atoms with Gasteiger partial charge in [0.05, 0.1) is 0 Å². The molecule has 19 heavy (non-hydrogen) atoms. The maximum Gasteiger partial charge on any atom is 0.134 e. The van der Waals surface area contributed by atoms with E-state index in [-0.39, 0.29) is 0 Å². The van der Waals surface area contributed by atoms with Crippen LogP contribution in [0.3, 0.4) is 0 Å². The lowest BCUT2D eigenvalue weighted by Gasteiger charge is -2.21. The number of fused-ring (bicyclic) bond motifs is 1. The quantitative estimate of drug-likeness (QED) is 0.832. The monoisotopic (exact) mass is 279 g/mol. The Hall–Kier alpha value is -0.990. The summed E-state index contributed by atoms with van der Waals surface area (Å²) in [7, 11) is 0. The maximum absolute atomic E-state index is 5.99. The molecule has 0 radical (unpaired) electrons. The van der Waals surface area contributed by atoms with E-state index in [1.165, 1.54) is 0 Å². The fraction of sp³-hybridized carbons (Fsp3) is 0.500. The third-order valence-electron chi connectivity index (χ3n) is 3.50. The second kappa shape index (κ2) is 6.44. The van der Waals surface area contributed by atoms with Gasteiger partial charge in [-0.2, -0.15) is 0 Å². The Bertz CT molecular complexity index is 533. The molecule has 1 unspecified atom stereocenters. The summed E-state index contributed by atoms with van der Waals surface area (Å²) in [5.41, 5.74) is 0.920. The molecule has 1 atom stereocenters. The molecule has 0 fully saturated rings. The highest BCUT2D eigenvalue weighted by Crippen LogP contribution is 2.24. The lowest BCUT2D eigenvalue weighted by molar-refractivity contribution is 0.374. The average Bonchev–Trinajstić information content (AvgIpc) is 2.75. The van der Waals surface area contributed by atoms with Gasteiger partial charge in [0, 0.05) is 22.9 Å². The first-order valence-electron chi connectivity index (χ1n) is 7.01. The molecular weight excluding hydrogens is 258 g/mol. The lowest BCUT2D eigenvalue weighted by atomic mass is 9.98. The lowest BCUT2D eigenvalue weighted by Crippen LogP contribution is -2.34. The van der Waals surface area contributed by atoms with Crippen LogP contribution in [0.4, 0.5) is 0 Å². The number of nitrogens with one attached hydrogen (secondary N) is 1. The summed E-state index contributed by atoms with van der Waals surface area (Å²) in [6, 6.07) is 8.40. The number of hydrogen-bond donors (Lipinski definition) is 1. The topological polar surface area (TPSA) is 25.2 Å². The molecule has 0 aliphatic rings. The Balaban J connectivity index is 2.04. The second-order valence-electron chi connectivity index (χ2n) is 5.34. The van der Waals surface area contributed by atoms with Gasteiger partial charge < -0.3 is 9.73 Å². The molecule has 0 spiro atoms. The van der Waals surface area contributed by atoms with Crippen molar-refractivity contribution < 1.29 is 4.42 Å². The van der Waals surface area contributed by atoms with Crippen molar-refractivity contribution in [3.05, 3.63) is 35.0 Å². The maximum atomic E-state index is 5.99. The third kappa shape index (κ3) is 3.74. The van der Waals surface area contributed by atoms with Gasteiger partial charge in [-0.15, -0.1) is 0 Å². The van der Waals surface area contributed by atoms with Crippen LogP contribution in [0.1, 0.15) is 33.0 Å². The molecule has 2 aromatic rings. The third-order valence-corrected chi connectivity index (χ3v) is 3.74. The Morgan fingerprint density at radius 2 is 2.05 bits per heavy atom. The van der Waals surface area contributed by atoms with Crippen molar-refractivity contribution >= 4 is 22.6 Å². The molecule has 0 saturated carbocycles. The highest BCUT2D eigenvalue weighted by Gasteiger charge is 2.13. The fourth-order valence-electron chi connectivity index (χ4n) is 2.42. The second-order valence-corrected chi connectivity index (χ2v) is 5.78. The minimum Gasteiger partial charge on any atom is -0.461 e. The summed E-state index contributed by atoms with van der Waals surface area (Å²) in [6.07, 6.45) is 2.06. The van der Waals surface area contributed by atoms with Gasteiger partial charge in [0.2, 0.25) is 0 Å². The zero-order chi connectivity index (χ0) is 13.8. The zero-order valence-electron chi connectivity index (χ0n) is 11.9. The van der Waals surface area contributed by atoms with Crippen molar-refractivity contribution in [3.63, 3.8) is 0 Å². The van der Waals surface area contributed by atoms with Crippen molar-refractivity contribution in [1.82, 2.24) is 5.32 Å². The first-order valence-corrected chi connectivity index (χ1v) is 7.39. The van der Waals surface area contributed by atoms with E-state index in [2.05, 4.69) is 32.2 Å². The first-order chi connectivity index (χ1) is 9.10. The summed E-state index contributed by atoms with van der Waals surface area (Å²) in [5, 5.41) is 5.38. The van der Waals surface area contributed by atoms with Gasteiger partial charge in [-0.05, 0) is 43.1 Å². The van der Waals surface area contributed by atoms with Crippen LogP contribution < -0.4 is 5.32 Å². The summed E-state index contributed by atoms with van der Waals surface area (Å²) in [5.74, 6) is 1.68. The molecule has 1 aromatic carbocycles. The van der Waals surface area contributed by atoms with Gasteiger partial charge in [-0.1, -0.05) is 32.4 Å². The van der Waals surface area contributed by atoms with Gasteiger partial charge in [0.1, 0.15) is 11.3 Å². The summed E-state index contributed by atoms with van der Waals surface area (Å²) < 4.78 is 5.84. The van der Waals surface area contributed by atoms with E-state index >= 15 is 0 Å². The Labute approximate surface area is 120 Å². The number of rotatable bonds is 6. The fourth-order valence-corrected chi connectivity index (χ4v) is 2.60. The standard InChI is InChI=1S/C16H22ClNO/c1-4-18-15(11(2)3)7-6-14-10-12-9-13(17)5-8-16(12)19-14/h5,8-11,15,18H,4,6-7H2,1-3H3. The Morgan fingerprint density at radius 3 is 2.74 bits per heavy atom. The van der Waals surface area contributed by atoms with E-state index in [4.69, 9.17) is 16.0 Å². The van der Waals surface area contributed by atoms with Crippen LogP contribution in [0.25, 0.3) is 11.0 Å². The van der Waals surface area contributed by atoms with Crippen molar-refractivity contribution in [1.29, 1.82) is 0 Å². The van der Waals surface area contributed by atoms with Gasteiger partial charge in [0.15, 0.2) is 0 Å². The van der Waals surface area contributed by atoms with E-state index in [9.17, 15) is 0 Å². The van der Waals surface area contributed by atoms with Crippen LogP contribution in [0, 0.1) is 5.92 Å². The van der Waals surface area contributed by atoms with E-state index < -0.39 is 0 Å². The average molecular weight is 280 g/mol. The van der Waals surface area contributed by atoms with Crippen molar-refractivity contribution in [3.8, 4) is 0 Å². The van der Waals surface area contributed by atoms with Crippen molar-refractivity contribution in [2.45, 2.75) is 39.7 Å². The molecule has 0 saturated heterocycles. The molecule has 1 aromatic heterocycles. The SMILES string of the molecule is CCNC(CCc1cc2cc(Cl)ccc2o1)C(C)C. The highest BCUT2D eigenvalue weighted by molar-refractivity contribution is 6.31. The van der Waals surface area contributed by atoms with Crippen LogP contribution in [0.5, 0.6) is 0 Å². The largest absolute Gasteiger partial charge is 0.461 e. The zero-order valence-corrected chi connectivity index (χ0v) is 12.6. The number of benzene rings is 1. The van der Waals surface area contributed by atoms with E-state index in [1.807, 2.05) is 18.2 Å². The van der Waals surface area contributed by atoms with E-state index in [0.717, 1.165) is 41.1 Å². The molecule has 2 nitrogen and oxygen atoms in total. The smallest absolute Gasteiger partial charge is 0.134 e. The van der Waals surface area contributed by atoms with Gasteiger partial charge in [-0.3, -0.25) is 0 Å². The van der Waals surface area contributed by atoms with Crippen molar-refractivity contribution in [2.24, 2.45) is 5.92 Å². The summed E-state index contributed by atoms with van der Waals surface area (Å²) >= 11 is 5.99. The molecular formula is C16H22ClNO. The molecule has 0 bridgehead atoms. The summed E-state index contributed by atoms with van der Waals surface area (Å²) in [4.78, 5) is 0. The molecule has 3 heteroatoms. The van der Waals surface area contributed by atoms with E-state index in [0.29, 0.717) is 12.0 Å². The molecule has 104 valence electrons. The molecule has 0 aliphatic heterocycles. The number of furan rings is 1.